The molecule has 5 nitrogen and oxygen atoms in total. The molecule has 0 radical (unpaired) electrons. The van der Waals surface area contributed by atoms with Crippen LogP contribution in [-0.2, 0) is 0 Å². The summed E-state index contributed by atoms with van der Waals surface area (Å²) >= 11 is 0. The minimum atomic E-state index is -0.160. The SMILES string of the molecule is O=C1c2ccccc2C(=O)N1[C@H]1CCC[C@@H]1n1ccnc1. The lowest BCUT2D eigenvalue weighted by Crippen LogP contribution is -2.42. The molecule has 0 saturated heterocycles. The van der Waals surface area contributed by atoms with E-state index in [-0.39, 0.29) is 23.9 Å². The molecule has 1 aromatic carbocycles. The topological polar surface area (TPSA) is 55.2 Å². The minimum absolute atomic E-state index is 0.0772. The van der Waals surface area contributed by atoms with Crippen LogP contribution < -0.4 is 0 Å². The molecule has 1 aliphatic carbocycles. The lowest BCUT2D eigenvalue weighted by molar-refractivity contribution is 0.0553. The summed E-state index contributed by atoms with van der Waals surface area (Å²) in [5.74, 6) is -0.319. The van der Waals surface area contributed by atoms with E-state index in [1.165, 1.54) is 4.90 Å². The van der Waals surface area contributed by atoms with Crippen LogP contribution in [0.5, 0.6) is 0 Å². The molecule has 2 aliphatic rings. The standard InChI is InChI=1S/C16H15N3O2/c20-15-11-4-1-2-5-12(11)16(21)19(15)14-7-3-6-13(14)18-9-8-17-10-18/h1-2,4-5,8-10,13-14H,3,6-7H2/t13-,14-/m0/s1. The summed E-state index contributed by atoms with van der Waals surface area (Å²) in [6.45, 7) is 0. The van der Waals surface area contributed by atoms with E-state index in [1.807, 2.05) is 10.8 Å². The van der Waals surface area contributed by atoms with Gasteiger partial charge in [0.25, 0.3) is 11.8 Å². The number of imide groups is 1. The maximum atomic E-state index is 12.6. The van der Waals surface area contributed by atoms with Gasteiger partial charge < -0.3 is 4.57 Å². The van der Waals surface area contributed by atoms with E-state index in [1.54, 1.807) is 36.8 Å². The fourth-order valence-corrected chi connectivity index (χ4v) is 3.54. The maximum absolute atomic E-state index is 12.6. The highest BCUT2D eigenvalue weighted by Crippen LogP contribution is 2.37. The Kier molecular flexibility index (Phi) is 2.67. The van der Waals surface area contributed by atoms with Gasteiger partial charge in [-0.05, 0) is 31.4 Å². The third-order valence-corrected chi connectivity index (χ3v) is 4.51. The second kappa shape index (κ2) is 4.55. The third kappa shape index (κ3) is 1.73. The summed E-state index contributed by atoms with van der Waals surface area (Å²) in [6.07, 6.45) is 8.24. The normalized spacial score (nSPS) is 24.7. The smallest absolute Gasteiger partial charge is 0.261 e. The number of hydrogen-bond donors (Lipinski definition) is 0. The molecule has 0 unspecified atom stereocenters. The monoisotopic (exact) mass is 281 g/mol. The molecule has 21 heavy (non-hydrogen) atoms. The van der Waals surface area contributed by atoms with E-state index in [0.717, 1.165) is 19.3 Å². The Morgan fingerprint density at radius 2 is 1.67 bits per heavy atom. The molecule has 106 valence electrons. The Morgan fingerprint density at radius 1 is 1.00 bits per heavy atom. The van der Waals surface area contributed by atoms with Crippen molar-refractivity contribution in [1.29, 1.82) is 0 Å². The molecule has 2 heterocycles. The van der Waals surface area contributed by atoms with Gasteiger partial charge >= 0.3 is 0 Å². The zero-order chi connectivity index (χ0) is 14.4. The van der Waals surface area contributed by atoms with Gasteiger partial charge in [0, 0.05) is 12.4 Å². The predicted molar refractivity (Wildman–Crippen MR) is 75.8 cm³/mol. The maximum Gasteiger partial charge on any atom is 0.261 e. The van der Waals surface area contributed by atoms with Crippen LogP contribution in [0.15, 0.2) is 43.0 Å². The largest absolute Gasteiger partial charge is 0.332 e. The van der Waals surface area contributed by atoms with E-state index in [0.29, 0.717) is 11.1 Å². The summed E-state index contributed by atoms with van der Waals surface area (Å²) < 4.78 is 2.02. The number of amides is 2. The van der Waals surface area contributed by atoms with Crippen LogP contribution >= 0.6 is 0 Å². The van der Waals surface area contributed by atoms with E-state index in [4.69, 9.17) is 0 Å². The molecule has 0 spiro atoms. The van der Waals surface area contributed by atoms with Gasteiger partial charge in [0.05, 0.1) is 29.5 Å². The summed E-state index contributed by atoms with van der Waals surface area (Å²) in [5.41, 5.74) is 1.05. The van der Waals surface area contributed by atoms with Gasteiger partial charge in [-0.3, -0.25) is 14.5 Å². The fourth-order valence-electron chi connectivity index (χ4n) is 3.54. The number of aromatic nitrogens is 2. The van der Waals surface area contributed by atoms with Crippen molar-refractivity contribution < 1.29 is 9.59 Å². The Labute approximate surface area is 122 Å². The number of hydrogen-bond acceptors (Lipinski definition) is 3. The first kappa shape index (κ1) is 12.3. The Hall–Kier alpha value is -2.43. The second-order valence-corrected chi connectivity index (χ2v) is 5.60. The molecular formula is C16H15N3O2. The molecule has 0 bridgehead atoms. The number of benzene rings is 1. The van der Waals surface area contributed by atoms with E-state index < -0.39 is 0 Å². The van der Waals surface area contributed by atoms with Gasteiger partial charge in [0.2, 0.25) is 0 Å². The third-order valence-electron chi connectivity index (χ3n) is 4.51. The summed E-state index contributed by atoms with van der Waals surface area (Å²) in [7, 11) is 0. The lowest BCUT2D eigenvalue weighted by Gasteiger charge is -2.28. The molecule has 1 fully saturated rings. The van der Waals surface area contributed by atoms with Crippen LogP contribution in [0, 0.1) is 0 Å². The van der Waals surface area contributed by atoms with Gasteiger partial charge in [-0.2, -0.15) is 0 Å². The van der Waals surface area contributed by atoms with Crippen LogP contribution in [0.4, 0.5) is 0 Å². The van der Waals surface area contributed by atoms with Crippen LogP contribution in [0.25, 0.3) is 0 Å². The van der Waals surface area contributed by atoms with Crippen molar-refractivity contribution in [3.63, 3.8) is 0 Å². The molecule has 2 atom stereocenters. The molecule has 2 amide bonds. The van der Waals surface area contributed by atoms with Gasteiger partial charge in [0.15, 0.2) is 0 Å². The predicted octanol–water partition coefficient (Wildman–Crippen LogP) is 2.27. The average molecular weight is 281 g/mol. The van der Waals surface area contributed by atoms with E-state index >= 15 is 0 Å². The Balaban J connectivity index is 1.71. The van der Waals surface area contributed by atoms with E-state index in [9.17, 15) is 9.59 Å². The van der Waals surface area contributed by atoms with Crippen LogP contribution in [0.3, 0.4) is 0 Å². The number of rotatable bonds is 2. The summed E-state index contributed by atoms with van der Waals surface area (Å²) in [4.78, 5) is 30.7. The van der Waals surface area contributed by atoms with Crippen molar-refractivity contribution in [2.24, 2.45) is 0 Å². The highest BCUT2D eigenvalue weighted by Gasteiger charge is 2.44. The highest BCUT2D eigenvalue weighted by atomic mass is 16.2. The summed E-state index contributed by atoms with van der Waals surface area (Å²) in [5, 5.41) is 0. The number of carbonyl (C=O) groups is 2. The molecule has 1 aliphatic heterocycles. The minimum Gasteiger partial charge on any atom is -0.332 e. The molecular weight excluding hydrogens is 266 g/mol. The second-order valence-electron chi connectivity index (χ2n) is 5.60. The van der Waals surface area contributed by atoms with E-state index in [2.05, 4.69) is 4.98 Å². The Morgan fingerprint density at radius 3 is 2.29 bits per heavy atom. The number of carbonyl (C=O) groups excluding carboxylic acids is 2. The zero-order valence-electron chi connectivity index (χ0n) is 11.5. The molecule has 1 saturated carbocycles. The zero-order valence-corrected chi connectivity index (χ0v) is 11.5. The van der Waals surface area contributed by atoms with Crippen molar-refractivity contribution in [1.82, 2.24) is 14.5 Å². The van der Waals surface area contributed by atoms with Gasteiger partial charge in [-0.25, -0.2) is 4.98 Å². The molecule has 5 heteroatoms. The first-order valence-electron chi connectivity index (χ1n) is 7.22. The number of fused-ring (bicyclic) bond motifs is 1. The Bertz CT molecular complexity index is 673. The van der Waals surface area contributed by atoms with Crippen molar-refractivity contribution in [2.75, 3.05) is 0 Å². The van der Waals surface area contributed by atoms with Gasteiger partial charge in [-0.15, -0.1) is 0 Å². The number of imidazole rings is 1. The molecule has 0 N–H and O–H groups in total. The first-order valence-corrected chi connectivity index (χ1v) is 7.22. The quantitative estimate of drug-likeness (QED) is 0.793. The van der Waals surface area contributed by atoms with Gasteiger partial charge in [-0.1, -0.05) is 12.1 Å². The van der Waals surface area contributed by atoms with Crippen molar-refractivity contribution in [2.45, 2.75) is 31.3 Å². The highest BCUT2D eigenvalue weighted by molar-refractivity contribution is 6.21. The number of nitrogens with zero attached hydrogens (tertiary/aromatic N) is 3. The first-order chi connectivity index (χ1) is 10.3. The average Bonchev–Trinajstić information content (AvgIpc) is 3.21. The van der Waals surface area contributed by atoms with Crippen molar-refractivity contribution in [3.8, 4) is 0 Å². The van der Waals surface area contributed by atoms with Crippen LogP contribution in [-0.4, -0.2) is 32.3 Å². The molecule has 4 rings (SSSR count). The fraction of sp³-hybridized carbons (Fsp3) is 0.312. The van der Waals surface area contributed by atoms with Crippen molar-refractivity contribution >= 4 is 11.8 Å². The van der Waals surface area contributed by atoms with Crippen LogP contribution in [0.1, 0.15) is 46.0 Å². The van der Waals surface area contributed by atoms with Crippen LogP contribution in [0.2, 0.25) is 0 Å². The van der Waals surface area contributed by atoms with Crippen molar-refractivity contribution in [3.05, 3.63) is 54.1 Å². The molecule has 2 aromatic rings. The summed E-state index contributed by atoms with van der Waals surface area (Å²) in [6, 6.07) is 7.12. The lowest BCUT2D eigenvalue weighted by atomic mass is 10.1. The molecule has 1 aromatic heterocycles. The van der Waals surface area contributed by atoms with Gasteiger partial charge in [0.1, 0.15) is 0 Å².